The van der Waals surface area contributed by atoms with Crippen LogP contribution in [0.3, 0.4) is 0 Å². The van der Waals surface area contributed by atoms with Crippen molar-refractivity contribution in [3.05, 3.63) is 36.0 Å². The Kier molecular flexibility index (Phi) is 5.55. The molecule has 118 valence electrons. The largest absolute Gasteiger partial charge is 0.496 e. The average Bonchev–Trinajstić information content (AvgIpc) is 3.02. The minimum Gasteiger partial charge on any atom is -0.496 e. The molecule has 0 aliphatic carbocycles. The molecule has 1 heterocycles. The highest BCUT2D eigenvalue weighted by Gasteiger charge is 2.14. The van der Waals surface area contributed by atoms with Crippen LogP contribution in [0.4, 0.5) is 0 Å². The number of benzene rings is 1. The lowest BCUT2D eigenvalue weighted by Gasteiger charge is -2.09. The molecule has 2 aromatic rings. The minimum absolute atomic E-state index is 0.124. The first-order valence-electron chi connectivity index (χ1n) is 7.23. The topological polar surface area (TPSA) is 87.2 Å². The van der Waals surface area contributed by atoms with Gasteiger partial charge >= 0.3 is 0 Å². The summed E-state index contributed by atoms with van der Waals surface area (Å²) in [4.78, 5) is 12.1. The molecule has 6 nitrogen and oxygen atoms in total. The third-order valence-electron chi connectivity index (χ3n) is 3.44. The van der Waals surface area contributed by atoms with Gasteiger partial charge in [-0.2, -0.15) is 5.10 Å². The van der Waals surface area contributed by atoms with Gasteiger partial charge in [0.2, 0.25) is 0 Å². The van der Waals surface area contributed by atoms with E-state index in [1.807, 2.05) is 31.2 Å². The number of aliphatic hydroxyl groups is 1. The number of ether oxygens (including phenoxy) is 1. The van der Waals surface area contributed by atoms with Crippen LogP contribution in [0.25, 0.3) is 11.3 Å². The molecule has 22 heavy (non-hydrogen) atoms. The highest BCUT2D eigenvalue weighted by atomic mass is 16.5. The third-order valence-corrected chi connectivity index (χ3v) is 3.44. The summed E-state index contributed by atoms with van der Waals surface area (Å²) >= 11 is 0. The molecule has 6 heteroatoms. The fourth-order valence-electron chi connectivity index (χ4n) is 2.12. The number of aromatic nitrogens is 2. The van der Waals surface area contributed by atoms with E-state index in [0.29, 0.717) is 30.1 Å². The molecule has 1 amide bonds. The van der Waals surface area contributed by atoms with E-state index in [1.54, 1.807) is 13.2 Å². The van der Waals surface area contributed by atoms with Crippen LogP contribution < -0.4 is 10.1 Å². The zero-order valence-corrected chi connectivity index (χ0v) is 12.8. The predicted molar refractivity (Wildman–Crippen MR) is 83.8 cm³/mol. The number of nitrogens with zero attached hydrogens (tertiary/aromatic N) is 1. The second kappa shape index (κ2) is 7.61. The van der Waals surface area contributed by atoms with Crippen LogP contribution >= 0.6 is 0 Å². The molecule has 1 unspecified atom stereocenters. The maximum absolute atomic E-state index is 12.1. The molecule has 0 aliphatic heterocycles. The number of H-pyrrole nitrogens is 1. The van der Waals surface area contributed by atoms with E-state index in [9.17, 15) is 4.79 Å². The number of rotatable bonds is 7. The fourth-order valence-corrected chi connectivity index (χ4v) is 2.12. The molecule has 0 spiro atoms. The van der Waals surface area contributed by atoms with Crippen molar-refractivity contribution in [1.29, 1.82) is 0 Å². The summed E-state index contributed by atoms with van der Waals surface area (Å²) in [6, 6.07) is 9.21. The lowest BCUT2D eigenvalue weighted by atomic mass is 10.1. The molecule has 0 fully saturated rings. The van der Waals surface area contributed by atoms with E-state index in [2.05, 4.69) is 15.5 Å². The van der Waals surface area contributed by atoms with Crippen LogP contribution in [0.5, 0.6) is 5.75 Å². The van der Waals surface area contributed by atoms with E-state index < -0.39 is 0 Å². The summed E-state index contributed by atoms with van der Waals surface area (Å²) in [6.07, 6.45) is 0.662. The standard InChI is InChI=1S/C16H21N3O3/c1-11(7-8-20)10-17-16(21)14-9-13(18-19-14)12-5-3-4-6-15(12)22-2/h3-6,9,11,20H,7-8,10H2,1-2H3,(H,17,21)(H,18,19). The van der Waals surface area contributed by atoms with E-state index in [-0.39, 0.29) is 18.4 Å². The monoisotopic (exact) mass is 303 g/mol. The second-order valence-corrected chi connectivity index (χ2v) is 5.19. The summed E-state index contributed by atoms with van der Waals surface area (Å²) in [5.41, 5.74) is 1.89. The first-order valence-corrected chi connectivity index (χ1v) is 7.23. The molecular formula is C16H21N3O3. The number of methoxy groups -OCH3 is 1. The van der Waals surface area contributed by atoms with Gasteiger partial charge in [0, 0.05) is 18.7 Å². The lowest BCUT2D eigenvalue weighted by Crippen LogP contribution is -2.28. The summed E-state index contributed by atoms with van der Waals surface area (Å²) in [7, 11) is 1.60. The van der Waals surface area contributed by atoms with Gasteiger partial charge in [-0.1, -0.05) is 19.1 Å². The van der Waals surface area contributed by atoms with Gasteiger partial charge in [-0.05, 0) is 30.5 Å². The zero-order chi connectivity index (χ0) is 15.9. The zero-order valence-electron chi connectivity index (χ0n) is 12.8. The third kappa shape index (κ3) is 3.85. The molecule has 0 radical (unpaired) electrons. The maximum Gasteiger partial charge on any atom is 0.269 e. The van der Waals surface area contributed by atoms with Crippen molar-refractivity contribution in [2.75, 3.05) is 20.3 Å². The van der Waals surface area contributed by atoms with Crippen LogP contribution in [0.1, 0.15) is 23.8 Å². The highest BCUT2D eigenvalue weighted by Crippen LogP contribution is 2.28. The molecule has 2 rings (SSSR count). The number of aliphatic hydroxyl groups excluding tert-OH is 1. The SMILES string of the molecule is COc1ccccc1-c1cc(C(=O)NCC(C)CCO)[nH]n1. The first-order chi connectivity index (χ1) is 10.7. The molecule has 1 aromatic heterocycles. The van der Waals surface area contributed by atoms with Gasteiger partial charge < -0.3 is 15.2 Å². The molecule has 1 atom stereocenters. The number of aromatic amines is 1. The van der Waals surface area contributed by atoms with Crippen LogP contribution in [0, 0.1) is 5.92 Å². The summed E-state index contributed by atoms with van der Waals surface area (Å²) < 4.78 is 5.30. The van der Waals surface area contributed by atoms with Crippen LogP contribution in [-0.2, 0) is 0 Å². The predicted octanol–water partition coefficient (Wildman–Crippen LogP) is 1.83. The van der Waals surface area contributed by atoms with Crippen molar-refractivity contribution in [3.8, 4) is 17.0 Å². The van der Waals surface area contributed by atoms with Gasteiger partial charge in [0.25, 0.3) is 5.91 Å². The van der Waals surface area contributed by atoms with Gasteiger partial charge in [0.05, 0.1) is 12.8 Å². The van der Waals surface area contributed by atoms with Crippen molar-refractivity contribution >= 4 is 5.91 Å². The van der Waals surface area contributed by atoms with Crippen molar-refractivity contribution in [2.45, 2.75) is 13.3 Å². The van der Waals surface area contributed by atoms with Gasteiger partial charge in [-0.3, -0.25) is 9.89 Å². The van der Waals surface area contributed by atoms with Crippen molar-refractivity contribution in [2.24, 2.45) is 5.92 Å². The number of amides is 1. The van der Waals surface area contributed by atoms with E-state index in [0.717, 1.165) is 5.56 Å². The number of hydrogen-bond donors (Lipinski definition) is 3. The van der Waals surface area contributed by atoms with E-state index in [4.69, 9.17) is 9.84 Å². The van der Waals surface area contributed by atoms with Crippen molar-refractivity contribution < 1.29 is 14.6 Å². The average molecular weight is 303 g/mol. The Morgan fingerprint density at radius 3 is 2.95 bits per heavy atom. The molecule has 0 saturated heterocycles. The molecule has 1 aromatic carbocycles. The number of carbonyl (C=O) groups excluding carboxylic acids is 1. The molecule has 0 saturated carbocycles. The lowest BCUT2D eigenvalue weighted by molar-refractivity contribution is 0.0940. The van der Waals surface area contributed by atoms with Crippen LogP contribution in [0.2, 0.25) is 0 Å². The minimum atomic E-state index is -0.210. The van der Waals surface area contributed by atoms with Gasteiger partial charge in [-0.25, -0.2) is 0 Å². The Balaban J connectivity index is 2.06. The van der Waals surface area contributed by atoms with Gasteiger partial charge in [-0.15, -0.1) is 0 Å². The Hall–Kier alpha value is -2.34. The Labute approximate surface area is 129 Å². The molecule has 0 aliphatic rings. The van der Waals surface area contributed by atoms with Crippen molar-refractivity contribution in [3.63, 3.8) is 0 Å². The highest BCUT2D eigenvalue weighted by molar-refractivity contribution is 5.93. The Bertz CT molecular complexity index is 625. The number of para-hydroxylation sites is 1. The number of hydrogen-bond acceptors (Lipinski definition) is 4. The number of carbonyl (C=O) groups is 1. The second-order valence-electron chi connectivity index (χ2n) is 5.19. The van der Waals surface area contributed by atoms with Gasteiger partial charge in [0.1, 0.15) is 11.4 Å². The molecular weight excluding hydrogens is 282 g/mol. The quantitative estimate of drug-likeness (QED) is 0.728. The van der Waals surface area contributed by atoms with Gasteiger partial charge in [0.15, 0.2) is 0 Å². The Morgan fingerprint density at radius 1 is 1.45 bits per heavy atom. The summed E-state index contributed by atoms with van der Waals surface area (Å²) in [5.74, 6) is 0.724. The Morgan fingerprint density at radius 2 is 2.23 bits per heavy atom. The smallest absolute Gasteiger partial charge is 0.269 e. The molecule has 0 bridgehead atoms. The molecule has 3 N–H and O–H groups in total. The van der Waals surface area contributed by atoms with E-state index in [1.165, 1.54) is 0 Å². The summed E-state index contributed by atoms with van der Waals surface area (Å²) in [6.45, 7) is 2.62. The van der Waals surface area contributed by atoms with Crippen molar-refractivity contribution in [1.82, 2.24) is 15.5 Å². The maximum atomic E-state index is 12.1. The van der Waals surface area contributed by atoms with E-state index >= 15 is 0 Å². The normalized spacial score (nSPS) is 12.0. The first kappa shape index (κ1) is 16.0. The fraction of sp³-hybridized carbons (Fsp3) is 0.375. The van der Waals surface area contributed by atoms with Crippen LogP contribution in [0.15, 0.2) is 30.3 Å². The number of nitrogens with one attached hydrogen (secondary N) is 2. The summed E-state index contributed by atoms with van der Waals surface area (Å²) in [5, 5.41) is 18.6. The van der Waals surface area contributed by atoms with Crippen LogP contribution in [-0.4, -0.2) is 41.5 Å².